The van der Waals surface area contributed by atoms with E-state index < -0.39 is 0 Å². The molecule has 0 atom stereocenters. The number of H-pyrrole nitrogens is 1. The summed E-state index contributed by atoms with van der Waals surface area (Å²) in [6.07, 6.45) is 7.33. The van der Waals surface area contributed by atoms with Crippen LogP contribution in [0.3, 0.4) is 0 Å². The summed E-state index contributed by atoms with van der Waals surface area (Å²) in [5.41, 5.74) is 0. The molecule has 5 heteroatoms. The molecule has 0 saturated heterocycles. The summed E-state index contributed by atoms with van der Waals surface area (Å²) in [6, 6.07) is 0. The average molecular weight is 206 g/mol. The fraction of sp³-hybridized carbons (Fsp3) is 0.500. The van der Waals surface area contributed by atoms with E-state index in [0.29, 0.717) is 13.0 Å². The normalized spacial score (nSPS) is 9.60. The van der Waals surface area contributed by atoms with E-state index in [0.717, 1.165) is 18.7 Å². The molecule has 0 aromatic carbocycles. The SMILES string of the molecule is C#CCCNC(=O)c1n[nH]c(CCC)n1. The van der Waals surface area contributed by atoms with E-state index in [9.17, 15) is 4.79 Å². The molecule has 0 radical (unpaired) electrons. The molecule has 80 valence electrons. The van der Waals surface area contributed by atoms with Gasteiger partial charge in [-0.25, -0.2) is 4.98 Å². The molecule has 1 rings (SSSR count). The van der Waals surface area contributed by atoms with Gasteiger partial charge in [-0.15, -0.1) is 17.4 Å². The van der Waals surface area contributed by atoms with Gasteiger partial charge in [-0.2, -0.15) is 0 Å². The van der Waals surface area contributed by atoms with Gasteiger partial charge in [-0.05, 0) is 6.42 Å². The number of hydrogen-bond acceptors (Lipinski definition) is 3. The summed E-state index contributed by atoms with van der Waals surface area (Å²) in [4.78, 5) is 15.5. The number of aryl methyl sites for hydroxylation is 1. The molecule has 1 aromatic rings. The molecule has 15 heavy (non-hydrogen) atoms. The Morgan fingerprint density at radius 3 is 3.13 bits per heavy atom. The van der Waals surface area contributed by atoms with Crippen LogP contribution >= 0.6 is 0 Å². The standard InChI is InChI=1S/C10H14N4O/c1-3-5-7-11-10(15)9-12-8(6-4-2)13-14-9/h1H,4-7H2,2H3,(H,11,15)(H,12,13,14). The van der Waals surface area contributed by atoms with E-state index in [1.54, 1.807) is 0 Å². The highest BCUT2D eigenvalue weighted by molar-refractivity contribution is 5.90. The summed E-state index contributed by atoms with van der Waals surface area (Å²) in [7, 11) is 0. The molecule has 5 nitrogen and oxygen atoms in total. The van der Waals surface area contributed by atoms with Crippen molar-refractivity contribution in [3.8, 4) is 12.3 Å². The van der Waals surface area contributed by atoms with E-state index in [-0.39, 0.29) is 11.7 Å². The lowest BCUT2D eigenvalue weighted by molar-refractivity contribution is 0.0944. The fourth-order valence-corrected chi connectivity index (χ4v) is 1.07. The number of aromatic nitrogens is 3. The minimum atomic E-state index is -0.288. The van der Waals surface area contributed by atoms with E-state index >= 15 is 0 Å². The number of nitrogens with one attached hydrogen (secondary N) is 2. The molecule has 0 bridgehead atoms. The minimum Gasteiger partial charge on any atom is -0.348 e. The Balaban J connectivity index is 2.47. The van der Waals surface area contributed by atoms with Crippen molar-refractivity contribution < 1.29 is 4.79 Å². The minimum absolute atomic E-state index is 0.176. The Kier molecular flexibility index (Phi) is 4.35. The zero-order valence-corrected chi connectivity index (χ0v) is 8.71. The van der Waals surface area contributed by atoms with Crippen LogP contribution < -0.4 is 5.32 Å². The molecule has 0 unspecified atom stereocenters. The zero-order chi connectivity index (χ0) is 11.1. The van der Waals surface area contributed by atoms with Gasteiger partial charge in [-0.3, -0.25) is 9.89 Å². The first-order valence-corrected chi connectivity index (χ1v) is 4.90. The van der Waals surface area contributed by atoms with Gasteiger partial charge in [-0.1, -0.05) is 6.92 Å². The Hall–Kier alpha value is -1.83. The second-order valence-corrected chi connectivity index (χ2v) is 3.07. The van der Waals surface area contributed by atoms with Crippen molar-refractivity contribution in [2.75, 3.05) is 6.54 Å². The van der Waals surface area contributed by atoms with Gasteiger partial charge < -0.3 is 5.32 Å². The van der Waals surface area contributed by atoms with Gasteiger partial charge in [0.25, 0.3) is 5.91 Å². The van der Waals surface area contributed by atoms with Crippen LogP contribution in [0.25, 0.3) is 0 Å². The molecule has 1 amide bonds. The van der Waals surface area contributed by atoms with Crippen LogP contribution in [0.15, 0.2) is 0 Å². The van der Waals surface area contributed by atoms with Gasteiger partial charge in [0.15, 0.2) is 0 Å². The quantitative estimate of drug-likeness (QED) is 0.544. The van der Waals surface area contributed by atoms with Crippen molar-refractivity contribution in [3.05, 3.63) is 11.6 Å². The van der Waals surface area contributed by atoms with E-state index in [1.807, 2.05) is 6.92 Å². The topological polar surface area (TPSA) is 70.7 Å². The van der Waals surface area contributed by atoms with Crippen molar-refractivity contribution in [2.45, 2.75) is 26.2 Å². The molecule has 2 N–H and O–H groups in total. The number of aromatic amines is 1. The summed E-state index contributed by atoms with van der Waals surface area (Å²) in [6.45, 7) is 2.49. The third-order valence-electron chi connectivity index (χ3n) is 1.78. The number of rotatable bonds is 5. The molecular weight excluding hydrogens is 192 g/mol. The van der Waals surface area contributed by atoms with Crippen LogP contribution in [0.1, 0.15) is 36.2 Å². The maximum absolute atomic E-state index is 11.4. The van der Waals surface area contributed by atoms with Crippen molar-refractivity contribution in [1.82, 2.24) is 20.5 Å². The fourth-order valence-electron chi connectivity index (χ4n) is 1.07. The van der Waals surface area contributed by atoms with Crippen molar-refractivity contribution in [2.24, 2.45) is 0 Å². The molecule has 0 saturated carbocycles. The zero-order valence-electron chi connectivity index (χ0n) is 8.71. The van der Waals surface area contributed by atoms with Crippen LogP contribution in [-0.2, 0) is 6.42 Å². The lowest BCUT2D eigenvalue weighted by atomic mass is 10.3. The number of terminal acetylenes is 1. The van der Waals surface area contributed by atoms with Gasteiger partial charge in [0.05, 0.1) is 0 Å². The van der Waals surface area contributed by atoms with Crippen molar-refractivity contribution in [3.63, 3.8) is 0 Å². The Bertz CT molecular complexity index is 364. The predicted octanol–water partition coefficient (Wildman–Crippen LogP) is 0.510. The predicted molar refractivity (Wildman–Crippen MR) is 56.2 cm³/mol. The van der Waals surface area contributed by atoms with Crippen LogP contribution in [0.2, 0.25) is 0 Å². The number of hydrogen-bond donors (Lipinski definition) is 2. The molecule has 0 aliphatic rings. The smallest absolute Gasteiger partial charge is 0.290 e. The Morgan fingerprint density at radius 2 is 2.47 bits per heavy atom. The molecular formula is C10H14N4O. The second kappa shape index (κ2) is 5.81. The lowest BCUT2D eigenvalue weighted by Gasteiger charge is -1.97. The van der Waals surface area contributed by atoms with Crippen LogP contribution in [0.4, 0.5) is 0 Å². The molecule has 1 aromatic heterocycles. The summed E-state index contributed by atoms with van der Waals surface area (Å²) in [5.74, 6) is 3.06. The van der Waals surface area contributed by atoms with E-state index in [1.165, 1.54) is 0 Å². The highest BCUT2D eigenvalue weighted by atomic mass is 16.2. The Labute approximate surface area is 88.7 Å². The van der Waals surface area contributed by atoms with Crippen LogP contribution in [0.5, 0.6) is 0 Å². The van der Waals surface area contributed by atoms with Gasteiger partial charge in [0.2, 0.25) is 5.82 Å². The highest BCUT2D eigenvalue weighted by Crippen LogP contribution is 1.96. The van der Waals surface area contributed by atoms with Crippen molar-refractivity contribution >= 4 is 5.91 Å². The molecule has 0 aliphatic carbocycles. The van der Waals surface area contributed by atoms with Crippen LogP contribution in [0, 0.1) is 12.3 Å². The molecule has 0 spiro atoms. The molecule has 1 heterocycles. The summed E-state index contributed by atoms with van der Waals surface area (Å²) < 4.78 is 0. The monoisotopic (exact) mass is 206 g/mol. The van der Waals surface area contributed by atoms with Gasteiger partial charge in [0.1, 0.15) is 5.82 Å². The summed E-state index contributed by atoms with van der Waals surface area (Å²) in [5, 5.41) is 9.16. The Morgan fingerprint density at radius 1 is 1.67 bits per heavy atom. The number of carbonyl (C=O) groups is 1. The third kappa shape index (κ3) is 3.43. The number of carbonyl (C=O) groups excluding carboxylic acids is 1. The van der Waals surface area contributed by atoms with Crippen molar-refractivity contribution in [1.29, 1.82) is 0 Å². The van der Waals surface area contributed by atoms with E-state index in [2.05, 4.69) is 26.4 Å². The second-order valence-electron chi connectivity index (χ2n) is 3.07. The van der Waals surface area contributed by atoms with E-state index in [4.69, 9.17) is 6.42 Å². The van der Waals surface area contributed by atoms with Gasteiger partial charge in [0, 0.05) is 19.4 Å². The third-order valence-corrected chi connectivity index (χ3v) is 1.78. The number of amides is 1. The lowest BCUT2D eigenvalue weighted by Crippen LogP contribution is -2.25. The maximum atomic E-state index is 11.4. The van der Waals surface area contributed by atoms with Crippen LogP contribution in [-0.4, -0.2) is 27.6 Å². The van der Waals surface area contributed by atoms with Gasteiger partial charge >= 0.3 is 0 Å². The molecule has 0 aliphatic heterocycles. The summed E-state index contributed by atoms with van der Waals surface area (Å²) >= 11 is 0. The number of nitrogens with zero attached hydrogens (tertiary/aromatic N) is 2. The first-order valence-electron chi connectivity index (χ1n) is 4.90. The largest absolute Gasteiger partial charge is 0.348 e. The maximum Gasteiger partial charge on any atom is 0.290 e. The first-order chi connectivity index (χ1) is 7.27. The average Bonchev–Trinajstić information content (AvgIpc) is 2.67. The highest BCUT2D eigenvalue weighted by Gasteiger charge is 2.10. The first kappa shape index (κ1) is 11.2. The molecule has 0 fully saturated rings.